The summed E-state index contributed by atoms with van der Waals surface area (Å²) in [6, 6.07) is 13.7. The summed E-state index contributed by atoms with van der Waals surface area (Å²) in [4.78, 5) is 28.6. The maximum Gasteiger partial charge on any atom is 0.260 e. The van der Waals surface area contributed by atoms with Crippen LogP contribution < -0.4 is 9.47 Å². The topological polar surface area (TPSA) is 59.1 Å². The third-order valence-corrected chi connectivity index (χ3v) is 5.72. The lowest BCUT2D eigenvalue weighted by molar-refractivity contribution is -0.140. The van der Waals surface area contributed by atoms with Gasteiger partial charge in [0.15, 0.2) is 6.61 Å². The molecule has 0 atom stereocenters. The van der Waals surface area contributed by atoms with Crippen LogP contribution in [0.25, 0.3) is 0 Å². The predicted octanol–water partition coefficient (Wildman–Crippen LogP) is 3.52. The lowest BCUT2D eigenvalue weighted by Gasteiger charge is -2.34. The fourth-order valence-corrected chi connectivity index (χ4v) is 3.52. The number of rotatable bonds is 8. The molecule has 0 aromatic heterocycles. The van der Waals surface area contributed by atoms with E-state index in [0.717, 1.165) is 22.6 Å². The van der Waals surface area contributed by atoms with E-state index in [9.17, 15) is 9.59 Å². The van der Waals surface area contributed by atoms with Crippen LogP contribution in [0.2, 0.25) is 0 Å². The Bertz CT molecular complexity index is 887. The molecule has 3 rings (SSSR count). The summed E-state index contributed by atoms with van der Waals surface area (Å²) in [5, 5.41) is 0. The van der Waals surface area contributed by atoms with Gasteiger partial charge in [-0.25, -0.2) is 0 Å². The van der Waals surface area contributed by atoms with E-state index in [1.54, 1.807) is 4.90 Å². The average molecular weight is 425 g/mol. The van der Waals surface area contributed by atoms with Gasteiger partial charge in [-0.2, -0.15) is 0 Å². The summed E-state index contributed by atoms with van der Waals surface area (Å²) >= 11 is 0. The van der Waals surface area contributed by atoms with Gasteiger partial charge in [-0.1, -0.05) is 29.8 Å². The number of aryl methyl sites for hydroxylation is 2. The second kappa shape index (κ2) is 10.8. The van der Waals surface area contributed by atoms with Crippen LogP contribution >= 0.6 is 0 Å². The Labute approximate surface area is 184 Å². The Kier molecular flexibility index (Phi) is 7.93. The number of hydrogen-bond acceptors (Lipinski definition) is 4. The van der Waals surface area contributed by atoms with Crippen molar-refractivity contribution in [1.82, 2.24) is 9.80 Å². The first kappa shape index (κ1) is 22.7. The van der Waals surface area contributed by atoms with E-state index >= 15 is 0 Å². The van der Waals surface area contributed by atoms with E-state index in [-0.39, 0.29) is 18.4 Å². The number of carbonyl (C=O) groups is 2. The molecule has 0 radical (unpaired) electrons. The van der Waals surface area contributed by atoms with Crippen molar-refractivity contribution in [3.05, 3.63) is 59.2 Å². The molecule has 1 saturated heterocycles. The van der Waals surface area contributed by atoms with Gasteiger partial charge in [0, 0.05) is 32.6 Å². The van der Waals surface area contributed by atoms with Crippen LogP contribution in [0.1, 0.15) is 29.5 Å². The van der Waals surface area contributed by atoms with Crippen molar-refractivity contribution in [3.63, 3.8) is 0 Å². The van der Waals surface area contributed by atoms with Crippen molar-refractivity contribution in [1.29, 1.82) is 0 Å². The van der Waals surface area contributed by atoms with Crippen LogP contribution in [-0.2, 0) is 9.59 Å². The number of benzene rings is 2. The Morgan fingerprint density at radius 2 is 1.48 bits per heavy atom. The summed E-state index contributed by atoms with van der Waals surface area (Å²) < 4.78 is 11.4. The van der Waals surface area contributed by atoms with Gasteiger partial charge in [0.2, 0.25) is 5.91 Å². The highest BCUT2D eigenvalue weighted by Crippen LogP contribution is 2.20. The minimum absolute atomic E-state index is 0.0224. The molecule has 31 heavy (non-hydrogen) atoms. The molecule has 2 aromatic rings. The largest absolute Gasteiger partial charge is 0.494 e. The zero-order valence-electron chi connectivity index (χ0n) is 18.7. The van der Waals surface area contributed by atoms with Crippen LogP contribution in [0.4, 0.5) is 0 Å². The van der Waals surface area contributed by atoms with Crippen LogP contribution in [0.5, 0.6) is 11.5 Å². The Morgan fingerprint density at radius 1 is 0.839 bits per heavy atom. The Hall–Kier alpha value is -3.02. The zero-order valence-corrected chi connectivity index (χ0v) is 18.7. The van der Waals surface area contributed by atoms with Gasteiger partial charge in [-0.3, -0.25) is 9.59 Å². The molecule has 0 spiro atoms. The van der Waals surface area contributed by atoms with Gasteiger partial charge >= 0.3 is 0 Å². The minimum Gasteiger partial charge on any atom is -0.494 e. The highest BCUT2D eigenvalue weighted by molar-refractivity contribution is 5.79. The summed E-state index contributed by atoms with van der Waals surface area (Å²) in [6.07, 6.45) is 1.13. The van der Waals surface area contributed by atoms with E-state index in [0.29, 0.717) is 45.6 Å². The van der Waals surface area contributed by atoms with E-state index in [1.165, 1.54) is 5.56 Å². The summed E-state index contributed by atoms with van der Waals surface area (Å²) in [5.74, 6) is 1.65. The van der Waals surface area contributed by atoms with Crippen molar-refractivity contribution in [3.8, 4) is 11.5 Å². The molecular weight excluding hydrogens is 392 g/mol. The number of carbonyl (C=O) groups excluding carboxylic acids is 2. The minimum atomic E-state index is -0.0421. The summed E-state index contributed by atoms with van der Waals surface area (Å²) in [5.41, 5.74) is 3.38. The third-order valence-electron chi connectivity index (χ3n) is 5.72. The first-order valence-electron chi connectivity index (χ1n) is 10.9. The third kappa shape index (κ3) is 6.48. The highest BCUT2D eigenvalue weighted by atomic mass is 16.5. The molecule has 1 aliphatic rings. The molecule has 0 N–H and O–H groups in total. The molecule has 0 aliphatic carbocycles. The molecule has 6 nitrogen and oxygen atoms in total. The fraction of sp³-hybridized carbons (Fsp3) is 0.440. The van der Waals surface area contributed by atoms with Gasteiger partial charge in [-0.05, 0) is 56.5 Å². The zero-order chi connectivity index (χ0) is 22.2. The first-order chi connectivity index (χ1) is 14.9. The van der Waals surface area contributed by atoms with Crippen LogP contribution in [-0.4, -0.2) is 61.0 Å². The van der Waals surface area contributed by atoms with E-state index in [4.69, 9.17) is 9.47 Å². The van der Waals surface area contributed by atoms with Gasteiger partial charge in [0.1, 0.15) is 11.5 Å². The molecule has 1 aliphatic heterocycles. The first-order valence-corrected chi connectivity index (χ1v) is 10.9. The van der Waals surface area contributed by atoms with Crippen molar-refractivity contribution < 1.29 is 19.1 Å². The molecular formula is C25H32N2O4. The van der Waals surface area contributed by atoms with Crippen molar-refractivity contribution in [2.45, 2.75) is 33.6 Å². The van der Waals surface area contributed by atoms with Crippen molar-refractivity contribution in [2.24, 2.45) is 0 Å². The summed E-state index contributed by atoms with van der Waals surface area (Å²) in [6.45, 7) is 8.80. The van der Waals surface area contributed by atoms with Gasteiger partial charge < -0.3 is 19.3 Å². The standard InChI is InChI=1S/C25H32N2O4/c1-19-9-11-22(12-10-19)30-17-5-8-24(28)26-13-15-27(16-14-26)25(29)18-31-23-7-4-6-20(2)21(23)3/h4,6-7,9-12H,5,8,13-18H2,1-3H3. The molecule has 6 heteroatoms. The van der Waals surface area contributed by atoms with Crippen LogP contribution in [0.3, 0.4) is 0 Å². The van der Waals surface area contributed by atoms with Gasteiger partial charge in [-0.15, -0.1) is 0 Å². The Balaban J connectivity index is 1.34. The smallest absolute Gasteiger partial charge is 0.260 e. The van der Waals surface area contributed by atoms with Crippen LogP contribution in [0.15, 0.2) is 42.5 Å². The van der Waals surface area contributed by atoms with Crippen molar-refractivity contribution >= 4 is 11.8 Å². The number of amides is 2. The highest BCUT2D eigenvalue weighted by Gasteiger charge is 2.24. The van der Waals surface area contributed by atoms with E-state index in [2.05, 4.69) is 0 Å². The molecule has 0 bridgehead atoms. The second-order valence-electron chi connectivity index (χ2n) is 8.01. The number of ether oxygens (including phenoxy) is 2. The SMILES string of the molecule is Cc1ccc(OCCCC(=O)N2CCN(C(=O)COc3cccc(C)c3C)CC2)cc1. The normalized spacial score (nSPS) is 13.8. The summed E-state index contributed by atoms with van der Waals surface area (Å²) in [7, 11) is 0. The average Bonchev–Trinajstić information content (AvgIpc) is 2.78. The predicted molar refractivity (Wildman–Crippen MR) is 120 cm³/mol. The number of hydrogen-bond donors (Lipinski definition) is 0. The second-order valence-corrected chi connectivity index (χ2v) is 8.01. The van der Waals surface area contributed by atoms with E-state index in [1.807, 2.05) is 68.1 Å². The van der Waals surface area contributed by atoms with Gasteiger partial charge in [0.05, 0.1) is 6.61 Å². The molecule has 1 heterocycles. The lowest BCUT2D eigenvalue weighted by atomic mass is 10.1. The monoisotopic (exact) mass is 424 g/mol. The Morgan fingerprint density at radius 3 is 2.16 bits per heavy atom. The molecule has 166 valence electrons. The maximum absolute atomic E-state index is 12.5. The van der Waals surface area contributed by atoms with Crippen LogP contribution in [0, 0.1) is 20.8 Å². The molecule has 1 fully saturated rings. The fourth-order valence-electron chi connectivity index (χ4n) is 3.52. The van der Waals surface area contributed by atoms with Crippen molar-refractivity contribution in [2.75, 3.05) is 39.4 Å². The van der Waals surface area contributed by atoms with Gasteiger partial charge in [0.25, 0.3) is 5.91 Å². The maximum atomic E-state index is 12.5. The number of piperazine rings is 1. The molecule has 2 aromatic carbocycles. The quantitative estimate of drug-likeness (QED) is 0.609. The molecule has 2 amide bonds. The lowest BCUT2D eigenvalue weighted by Crippen LogP contribution is -2.51. The number of nitrogens with zero attached hydrogens (tertiary/aromatic N) is 2. The molecule has 0 unspecified atom stereocenters. The molecule has 0 saturated carbocycles. The van der Waals surface area contributed by atoms with E-state index < -0.39 is 0 Å².